The second kappa shape index (κ2) is 10.9. The Morgan fingerprint density at radius 1 is 0.739 bits per heavy atom. The number of benzene rings is 1. The number of unbranched alkanes of at least 4 members (excludes halogenated alkanes) is 8. The molecule has 0 heterocycles. The van der Waals surface area contributed by atoms with Crippen LogP contribution < -0.4 is 0 Å². The lowest BCUT2D eigenvalue weighted by Crippen LogP contribution is -2.38. The van der Waals surface area contributed by atoms with Crippen molar-refractivity contribution in [1.29, 1.82) is 0 Å². The summed E-state index contributed by atoms with van der Waals surface area (Å²) < 4.78 is 1.03. The maximum absolute atomic E-state index is 2.33. The van der Waals surface area contributed by atoms with Crippen LogP contribution >= 0.6 is 0 Å². The van der Waals surface area contributed by atoms with E-state index in [2.05, 4.69) is 59.3 Å². The van der Waals surface area contributed by atoms with Gasteiger partial charge in [0, 0.05) is 12.0 Å². The minimum Gasteiger partial charge on any atom is -0.325 e. The number of nitrogens with zero attached hydrogens (tertiary/aromatic N) is 1. The van der Waals surface area contributed by atoms with Gasteiger partial charge in [-0.15, -0.1) is 0 Å². The van der Waals surface area contributed by atoms with Gasteiger partial charge in [0.05, 0.1) is 21.1 Å². The average molecular weight is 319 g/mol. The summed E-state index contributed by atoms with van der Waals surface area (Å²) in [5, 5.41) is 0. The molecule has 1 rings (SSSR count). The second-order valence-electron chi connectivity index (χ2n) is 8.16. The van der Waals surface area contributed by atoms with Crippen molar-refractivity contribution in [3.8, 4) is 0 Å². The number of hydrogen-bond acceptors (Lipinski definition) is 0. The van der Waals surface area contributed by atoms with Crippen LogP contribution in [-0.2, 0) is 0 Å². The lowest BCUT2D eigenvalue weighted by molar-refractivity contribution is -0.902. The Bertz CT molecular complexity index is 399. The van der Waals surface area contributed by atoms with E-state index in [0.717, 1.165) is 4.48 Å². The first-order chi connectivity index (χ1) is 10.9. The Hall–Kier alpha value is -0.820. The van der Waals surface area contributed by atoms with E-state index in [1.54, 1.807) is 0 Å². The van der Waals surface area contributed by atoms with Crippen LogP contribution in [0.1, 0.15) is 88.3 Å². The van der Waals surface area contributed by atoms with E-state index in [1.807, 2.05) is 0 Å². The monoisotopic (exact) mass is 318 g/mol. The molecule has 1 unspecified atom stereocenters. The fourth-order valence-corrected chi connectivity index (χ4v) is 3.44. The van der Waals surface area contributed by atoms with Crippen molar-refractivity contribution in [3.63, 3.8) is 0 Å². The predicted molar refractivity (Wildman–Crippen MR) is 104 cm³/mol. The number of aryl methyl sites for hydroxylation is 1. The van der Waals surface area contributed by atoms with E-state index in [9.17, 15) is 0 Å². The largest absolute Gasteiger partial charge is 0.325 e. The third kappa shape index (κ3) is 8.55. The first kappa shape index (κ1) is 20.2. The van der Waals surface area contributed by atoms with Gasteiger partial charge in [-0.05, 0) is 13.3 Å². The maximum atomic E-state index is 2.33. The number of rotatable bonds is 12. The van der Waals surface area contributed by atoms with E-state index in [-0.39, 0.29) is 0 Å². The van der Waals surface area contributed by atoms with Crippen LogP contribution in [-0.4, -0.2) is 25.6 Å². The molecule has 1 aromatic rings. The molecule has 1 heteroatoms. The summed E-state index contributed by atoms with van der Waals surface area (Å²) in [6, 6.07) is 9.80. The standard InChI is InChI=1S/C22H40N/c1-6-7-8-9-10-11-12-13-14-15-22(23(3,4)5)21-18-16-20(2)17-19-21/h16-19,22H,6-15H2,1-5H3/q+1. The molecule has 0 saturated carbocycles. The molecule has 1 atom stereocenters. The van der Waals surface area contributed by atoms with Gasteiger partial charge in [-0.25, -0.2) is 0 Å². The SMILES string of the molecule is CCCCCCCCCCCC(c1ccc(C)cc1)[N+](C)(C)C. The molecule has 0 amide bonds. The lowest BCUT2D eigenvalue weighted by atomic mass is 9.96. The van der Waals surface area contributed by atoms with E-state index in [4.69, 9.17) is 0 Å². The normalized spacial score (nSPS) is 13.3. The fourth-order valence-electron chi connectivity index (χ4n) is 3.44. The molecule has 23 heavy (non-hydrogen) atoms. The van der Waals surface area contributed by atoms with Crippen molar-refractivity contribution in [3.05, 3.63) is 35.4 Å². The number of hydrogen-bond donors (Lipinski definition) is 0. The van der Waals surface area contributed by atoms with Crippen molar-refractivity contribution < 1.29 is 4.48 Å². The summed E-state index contributed by atoms with van der Waals surface area (Å²) in [5.74, 6) is 0. The Labute approximate surface area is 145 Å². The van der Waals surface area contributed by atoms with E-state index < -0.39 is 0 Å². The van der Waals surface area contributed by atoms with Crippen LogP contribution in [0.5, 0.6) is 0 Å². The highest BCUT2D eigenvalue weighted by Crippen LogP contribution is 2.29. The van der Waals surface area contributed by atoms with Gasteiger partial charge in [0.25, 0.3) is 0 Å². The van der Waals surface area contributed by atoms with Crippen LogP contribution in [0.15, 0.2) is 24.3 Å². The minimum absolute atomic E-state index is 0.625. The van der Waals surface area contributed by atoms with Crippen LogP contribution in [0, 0.1) is 6.92 Å². The Morgan fingerprint density at radius 3 is 1.70 bits per heavy atom. The molecule has 132 valence electrons. The van der Waals surface area contributed by atoms with Crippen LogP contribution in [0.25, 0.3) is 0 Å². The van der Waals surface area contributed by atoms with Crippen molar-refractivity contribution in [2.24, 2.45) is 0 Å². The minimum atomic E-state index is 0.625. The highest BCUT2D eigenvalue weighted by molar-refractivity contribution is 5.23. The Balaban J connectivity index is 2.29. The molecule has 0 saturated heterocycles. The van der Waals surface area contributed by atoms with Gasteiger partial charge in [0.2, 0.25) is 0 Å². The molecular weight excluding hydrogens is 278 g/mol. The maximum Gasteiger partial charge on any atom is 0.114 e. The highest BCUT2D eigenvalue weighted by Gasteiger charge is 2.24. The number of quaternary nitrogens is 1. The quantitative estimate of drug-likeness (QED) is 0.298. The summed E-state index contributed by atoms with van der Waals surface area (Å²) in [4.78, 5) is 0. The smallest absolute Gasteiger partial charge is 0.114 e. The zero-order chi connectivity index (χ0) is 17.1. The summed E-state index contributed by atoms with van der Waals surface area (Å²) in [5.41, 5.74) is 2.86. The Morgan fingerprint density at radius 2 is 1.22 bits per heavy atom. The zero-order valence-electron chi connectivity index (χ0n) is 16.4. The molecule has 0 aliphatic carbocycles. The van der Waals surface area contributed by atoms with Crippen LogP contribution in [0.2, 0.25) is 0 Å². The zero-order valence-corrected chi connectivity index (χ0v) is 16.4. The summed E-state index contributed by atoms with van der Waals surface area (Å²) >= 11 is 0. The molecule has 0 bridgehead atoms. The molecule has 0 aliphatic heterocycles. The van der Waals surface area contributed by atoms with Gasteiger partial charge >= 0.3 is 0 Å². The van der Waals surface area contributed by atoms with E-state index in [0.29, 0.717) is 6.04 Å². The molecule has 0 spiro atoms. The van der Waals surface area contributed by atoms with Gasteiger partial charge in [0.1, 0.15) is 6.04 Å². The third-order valence-electron chi connectivity index (χ3n) is 4.98. The van der Waals surface area contributed by atoms with Crippen LogP contribution in [0.3, 0.4) is 0 Å². The lowest BCUT2D eigenvalue weighted by Gasteiger charge is -2.34. The van der Waals surface area contributed by atoms with Gasteiger partial charge in [-0.3, -0.25) is 0 Å². The first-order valence-electron chi connectivity index (χ1n) is 9.83. The fraction of sp³-hybridized carbons (Fsp3) is 0.727. The molecule has 0 fully saturated rings. The molecule has 0 N–H and O–H groups in total. The summed E-state index contributed by atoms with van der Waals surface area (Å²) in [6.45, 7) is 4.46. The van der Waals surface area contributed by atoms with Crippen molar-refractivity contribution >= 4 is 0 Å². The van der Waals surface area contributed by atoms with E-state index in [1.165, 1.54) is 75.3 Å². The van der Waals surface area contributed by atoms with Crippen molar-refractivity contribution in [2.75, 3.05) is 21.1 Å². The third-order valence-corrected chi connectivity index (χ3v) is 4.98. The molecular formula is C22H40N+. The average Bonchev–Trinajstić information content (AvgIpc) is 2.49. The van der Waals surface area contributed by atoms with Crippen LogP contribution in [0.4, 0.5) is 0 Å². The molecule has 1 aromatic carbocycles. The Kier molecular flexibility index (Phi) is 9.55. The first-order valence-corrected chi connectivity index (χ1v) is 9.83. The molecule has 0 radical (unpaired) electrons. The highest BCUT2D eigenvalue weighted by atomic mass is 15.3. The van der Waals surface area contributed by atoms with E-state index >= 15 is 0 Å². The second-order valence-corrected chi connectivity index (χ2v) is 8.16. The molecule has 1 nitrogen and oxygen atoms in total. The molecule has 0 aliphatic rings. The van der Waals surface area contributed by atoms with Crippen molar-refractivity contribution in [2.45, 2.75) is 84.1 Å². The van der Waals surface area contributed by atoms with Gasteiger partial charge < -0.3 is 4.48 Å². The molecule has 0 aromatic heterocycles. The van der Waals surface area contributed by atoms with Gasteiger partial charge in [-0.2, -0.15) is 0 Å². The summed E-state index contributed by atoms with van der Waals surface area (Å²) in [7, 11) is 6.99. The summed E-state index contributed by atoms with van der Waals surface area (Å²) in [6.07, 6.45) is 14.0. The predicted octanol–water partition coefficient (Wildman–Crippen LogP) is 6.66. The topological polar surface area (TPSA) is 0 Å². The van der Waals surface area contributed by atoms with Gasteiger partial charge in [0.15, 0.2) is 0 Å². The van der Waals surface area contributed by atoms with Crippen molar-refractivity contribution in [1.82, 2.24) is 0 Å². The van der Waals surface area contributed by atoms with Gasteiger partial charge in [-0.1, -0.05) is 88.1 Å².